The highest BCUT2D eigenvalue weighted by atomic mass is 35.5. The number of nitro groups is 1. The van der Waals surface area contributed by atoms with E-state index in [-0.39, 0.29) is 35.8 Å². The third kappa shape index (κ3) is 5.04. The molecule has 1 aliphatic heterocycles. The Kier molecular flexibility index (Phi) is 7.43. The van der Waals surface area contributed by atoms with Gasteiger partial charge in [0, 0.05) is 42.3 Å². The minimum absolute atomic E-state index is 0. The predicted molar refractivity (Wildman–Crippen MR) is 89.3 cm³/mol. The van der Waals surface area contributed by atoms with Gasteiger partial charge in [-0.05, 0) is 12.1 Å². The highest BCUT2D eigenvalue weighted by molar-refractivity contribution is 7.99. The first-order valence-electron chi connectivity index (χ1n) is 6.53. The predicted octanol–water partition coefficient (Wildman–Crippen LogP) is 2.06. The van der Waals surface area contributed by atoms with Gasteiger partial charge in [-0.2, -0.15) is 11.8 Å². The van der Waals surface area contributed by atoms with Crippen LogP contribution >= 0.6 is 24.2 Å². The molecule has 0 aliphatic carbocycles. The molecule has 1 amide bonds. The largest absolute Gasteiger partial charge is 0.490 e. The molecular formula is C13H18ClN3O4S. The smallest absolute Gasteiger partial charge is 0.312 e. The summed E-state index contributed by atoms with van der Waals surface area (Å²) in [6.07, 6.45) is 0.354. The zero-order valence-corrected chi connectivity index (χ0v) is 13.7. The fourth-order valence-corrected chi connectivity index (χ4v) is 3.05. The average molecular weight is 348 g/mol. The lowest BCUT2D eigenvalue weighted by Crippen LogP contribution is -2.39. The van der Waals surface area contributed by atoms with E-state index in [1.807, 2.05) is 11.8 Å². The molecule has 1 fully saturated rings. The number of benzene rings is 1. The van der Waals surface area contributed by atoms with Crippen LogP contribution in [0.3, 0.4) is 0 Å². The van der Waals surface area contributed by atoms with Crippen molar-refractivity contribution in [3.05, 3.63) is 28.3 Å². The molecule has 1 atom stereocenters. The zero-order chi connectivity index (χ0) is 15.2. The van der Waals surface area contributed by atoms with E-state index in [2.05, 4.69) is 10.6 Å². The van der Waals surface area contributed by atoms with Crippen LogP contribution in [0.5, 0.6) is 5.75 Å². The number of carbonyl (C=O) groups is 1. The fourth-order valence-electron chi connectivity index (χ4n) is 2.10. The summed E-state index contributed by atoms with van der Waals surface area (Å²) in [7, 11) is 1.37. The molecule has 1 aliphatic rings. The van der Waals surface area contributed by atoms with Crippen LogP contribution in [0.1, 0.15) is 6.42 Å². The topological polar surface area (TPSA) is 93.5 Å². The number of thioether (sulfide) groups is 1. The summed E-state index contributed by atoms with van der Waals surface area (Å²) in [5, 5.41) is 16.9. The molecule has 0 saturated carbocycles. The highest BCUT2D eigenvalue weighted by Gasteiger charge is 2.19. The summed E-state index contributed by atoms with van der Waals surface area (Å²) in [5.41, 5.74) is 0.234. The van der Waals surface area contributed by atoms with Crippen LogP contribution in [-0.2, 0) is 4.79 Å². The minimum atomic E-state index is -0.534. The minimum Gasteiger partial charge on any atom is -0.490 e. The normalized spacial score (nSPS) is 17.2. The fraction of sp³-hybridized carbons (Fsp3) is 0.462. The van der Waals surface area contributed by atoms with Crippen LogP contribution in [0.25, 0.3) is 0 Å². The molecular weight excluding hydrogens is 330 g/mol. The number of nitrogens with one attached hydrogen (secondary N) is 2. The number of amides is 1. The van der Waals surface area contributed by atoms with Crippen LogP contribution < -0.4 is 15.4 Å². The summed E-state index contributed by atoms with van der Waals surface area (Å²) < 4.78 is 4.92. The molecule has 1 aromatic carbocycles. The van der Waals surface area contributed by atoms with Crippen LogP contribution in [-0.4, -0.2) is 42.0 Å². The van der Waals surface area contributed by atoms with Gasteiger partial charge in [0.15, 0.2) is 5.75 Å². The van der Waals surface area contributed by atoms with E-state index >= 15 is 0 Å². The molecule has 0 bridgehead atoms. The Bertz CT molecular complexity index is 538. The van der Waals surface area contributed by atoms with Gasteiger partial charge in [0.2, 0.25) is 5.91 Å². The number of anilines is 1. The van der Waals surface area contributed by atoms with Crippen molar-refractivity contribution < 1.29 is 14.5 Å². The molecule has 1 unspecified atom stereocenters. The maximum atomic E-state index is 12.0. The van der Waals surface area contributed by atoms with Crippen molar-refractivity contribution in [1.29, 1.82) is 0 Å². The van der Waals surface area contributed by atoms with Crippen molar-refractivity contribution in [2.45, 2.75) is 12.5 Å². The van der Waals surface area contributed by atoms with Gasteiger partial charge in [0.1, 0.15) is 0 Å². The van der Waals surface area contributed by atoms with E-state index in [9.17, 15) is 14.9 Å². The first-order chi connectivity index (χ1) is 10.1. The average Bonchev–Trinajstić information content (AvgIpc) is 2.48. The van der Waals surface area contributed by atoms with E-state index in [1.54, 1.807) is 6.07 Å². The monoisotopic (exact) mass is 347 g/mol. The lowest BCUT2D eigenvalue weighted by Gasteiger charge is -2.22. The first-order valence-corrected chi connectivity index (χ1v) is 7.69. The number of rotatable bonds is 5. The second-order valence-corrected chi connectivity index (χ2v) is 5.77. The Balaban J connectivity index is 0.00000242. The second-order valence-electron chi connectivity index (χ2n) is 4.62. The van der Waals surface area contributed by atoms with Crippen LogP contribution in [0.15, 0.2) is 18.2 Å². The molecule has 0 spiro atoms. The van der Waals surface area contributed by atoms with Crippen molar-refractivity contribution >= 4 is 41.5 Å². The summed E-state index contributed by atoms with van der Waals surface area (Å²) >= 11 is 1.81. The van der Waals surface area contributed by atoms with Crippen LogP contribution in [0, 0.1) is 10.1 Å². The first kappa shape index (κ1) is 18.5. The number of halogens is 1. The summed E-state index contributed by atoms with van der Waals surface area (Å²) in [6, 6.07) is 4.52. The van der Waals surface area contributed by atoms with Gasteiger partial charge < -0.3 is 15.4 Å². The Labute approximate surface area is 138 Å². The van der Waals surface area contributed by atoms with Gasteiger partial charge >= 0.3 is 5.69 Å². The van der Waals surface area contributed by atoms with E-state index < -0.39 is 4.92 Å². The number of nitrogens with zero attached hydrogens (tertiary/aromatic N) is 1. The number of carbonyl (C=O) groups excluding carboxylic acids is 1. The summed E-state index contributed by atoms with van der Waals surface area (Å²) in [6.45, 7) is 0.899. The molecule has 2 rings (SSSR count). The molecule has 1 heterocycles. The second kappa shape index (κ2) is 8.82. The van der Waals surface area contributed by atoms with Crippen molar-refractivity contribution in [2.75, 3.05) is 30.5 Å². The Morgan fingerprint density at radius 1 is 1.59 bits per heavy atom. The standard InChI is InChI=1S/C13H17N3O4S.ClH/c1-20-12-3-2-9(6-11(12)16(18)19)15-13(17)7-10-8-21-5-4-14-10;/h2-3,6,10,14H,4-5,7-8H2,1H3,(H,15,17);1H. The number of ether oxygens (including phenoxy) is 1. The molecule has 0 radical (unpaired) electrons. The van der Waals surface area contributed by atoms with Gasteiger partial charge in [0.05, 0.1) is 12.0 Å². The van der Waals surface area contributed by atoms with Crippen molar-refractivity contribution in [3.63, 3.8) is 0 Å². The van der Waals surface area contributed by atoms with E-state index in [1.165, 1.54) is 19.2 Å². The maximum Gasteiger partial charge on any atom is 0.312 e. The third-order valence-electron chi connectivity index (χ3n) is 3.09. The van der Waals surface area contributed by atoms with E-state index in [4.69, 9.17) is 4.74 Å². The molecule has 1 saturated heterocycles. The van der Waals surface area contributed by atoms with Crippen molar-refractivity contribution in [2.24, 2.45) is 0 Å². The van der Waals surface area contributed by atoms with Crippen molar-refractivity contribution in [1.82, 2.24) is 5.32 Å². The van der Waals surface area contributed by atoms with Gasteiger partial charge in [-0.1, -0.05) is 0 Å². The SMILES string of the molecule is COc1ccc(NC(=O)CC2CSCCN2)cc1[N+](=O)[O-].Cl. The van der Waals surface area contributed by atoms with Crippen LogP contribution in [0.2, 0.25) is 0 Å². The molecule has 2 N–H and O–H groups in total. The number of hydrogen-bond acceptors (Lipinski definition) is 6. The van der Waals surface area contributed by atoms with Crippen molar-refractivity contribution in [3.8, 4) is 5.75 Å². The quantitative estimate of drug-likeness (QED) is 0.625. The highest BCUT2D eigenvalue weighted by Crippen LogP contribution is 2.29. The third-order valence-corrected chi connectivity index (χ3v) is 4.22. The maximum absolute atomic E-state index is 12.0. The van der Waals surface area contributed by atoms with Gasteiger partial charge in [-0.15, -0.1) is 12.4 Å². The molecule has 0 aromatic heterocycles. The van der Waals surface area contributed by atoms with Gasteiger partial charge in [-0.25, -0.2) is 0 Å². The Morgan fingerprint density at radius 3 is 2.95 bits per heavy atom. The zero-order valence-electron chi connectivity index (χ0n) is 12.0. The number of nitro benzene ring substituents is 1. The Morgan fingerprint density at radius 2 is 2.36 bits per heavy atom. The summed E-state index contributed by atoms with van der Waals surface area (Å²) in [4.78, 5) is 22.4. The van der Waals surface area contributed by atoms with Crippen LogP contribution in [0.4, 0.5) is 11.4 Å². The number of hydrogen-bond donors (Lipinski definition) is 2. The molecule has 22 heavy (non-hydrogen) atoms. The Hall–Kier alpha value is -1.51. The molecule has 1 aromatic rings. The summed E-state index contributed by atoms with van der Waals surface area (Å²) in [5.74, 6) is 1.97. The lowest BCUT2D eigenvalue weighted by atomic mass is 10.2. The number of methoxy groups -OCH3 is 1. The van der Waals surface area contributed by atoms with Gasteiger partial charge in [-0.3, -0.25) is 14.9 Å². The molecule has 9 heteroatoms. The van der Waals surface area contributed by atoms with E-state index in [0.29, 0.717) is 12.1 Å². The van der Waals surface area contributed by atoms with Gasteiger partial charge in [0.25, 0.3) is 0 Å². The molecule has 122 valence electrons. The molecule has 7 nitrogen and oxygen atoms in total. The lowest BCUT2D eigenvalue weighted by molar-refractivity contribution is -0.385. The van der Waals surface area contributed by atoms with E-state index in [0.717, 1.165) is 18.1 Å².